The van der Waals surface area contributed by atoms with Gasteiger partial charge in [-0.05, 0) is 73.7 Å². The fourth-order valence-corrected chi connectivity index (χ4v) is 6.51. The minimum absolute atomic E-state index is 0.148. The number of aromatic amines is 1. The lowest BCUT2D eigenvalue weighted by molar-refractivity contribution is 0.100. The van der Waals surface area contributed by atoms with Crippen LogP contribution in [0.3, 0.4) is 0 Å². The van der Waals surface area contributed by atoms with E-state index in [1.807, 2.05) is 12.3 Å². The lowest BCUT2D eigenvalue weighted by atomic mass is 9.70. The Hall–Kier alpha value is -2.92. The third-order valence-corrected chi connectivity index (χ3v) is 8.68. The highest BCUT2D eigenvalue weighted by Gasteiger charge is 2.40. The zero-order valence-corrected chi connectivity index (χ0v) is 21.4. The van der Waals surface area contributed by atoms with Crippen LogP contribution in [0.15, 0.2) is 35.3 Å². The van der Waals surface area contributed by atoms with Crippen molar-refractivity contribution in [2.75, 3.05) is 38.1 Å². The highest BCUT2D eigenvalue weighted by atomic mass is 16.1. The molecule has 3 aromatic rings. The van der Waals surface area contributed by atoms with Crippen LogP contribution in [0, 0.1) is 0 Å². The molecule has 0 atom stereocenters. The van der Waals surface area contributed by atoms with Crippen LogP contribution in [-0.2, 0) is 11.8 Å². The Morgan fingerprint density at radius 3 is 2.54 bits per heavy atom. The van der Waals surface area contributed by atoms with E-state index in [-0.39, 0.29) is 11.2 Å². The number of carbonyl (C=O) groups is 1. The molecule has 5 nitrogen and oxygen atoms in total. The maximum Gasteiger partial charge on any atom is 0.195 e. The van der Waals surface area contributed by atoms with Gasteiger partial charge in [0, 0.05) is 65.7 Å². The summed E-state index contributed by atoms with van der Waals surface area (Å²) in [6, 6.07) is 11.5. The second kappa shape index (κ2) is 8.34. The number of hydrogen-bond acceptors (Lipinski definition) is 4. The SMILES string of the molecule is CCc1cc2c(cc1N1CCC(N3CCC3)CC1)C(C)(C)c1[nH]c3cc(/C=N/C)ccc3c1C2=O. The Balaban J connectivity index is 1.41. The number of piperidine rings is 1. The van der Waals surface area contributed by atoms with Crippen molar-refractivity contribution < 1.29 is 4.79 Å². The standard InChI is InChI=1S/C30H36N4O/c1-5-20-16-23-24(17-26(20)34-13-9-21(10-14-34)33-11-6-12-33)30(2,3)29-27(28(23)35)22-8-7-19(18-31-4)15-25(22)32-29/h7-8,15-18,21,32H,5-6,9-14H2,1-4H3/b31-18+. The van der Waals surface area contributed by atoms with Gasteiger partial charge in [-0.25, -0.2) is 0 Å². The predicted molar refractivity (Wildman–Crippen MR) is 145 cm³/mol. The van der Waals surface area contributed by atoms with Crippen molar-refractivity contribution in [3.8, 4) is 0 Å². The van der Waals surface area contributed by atoms with Crippen LogP contribution < -0.4 is 4.90 Å². The summed E-state index contributed by atoms with van der Waals surface area (Å²) in [5.74, 6) is 0.148. The molecular weight excluding hydrogens is 432 g/mol. The highest BCUT2D eigenvalue weighted by Crippen LogP contribution is 2.46. The first-order valence-corrected chi connectivity index (χ1v) is 13.2. The summed E-state index contributed by atoms with van der Waals surface area (Å²) in [7, 11) is 1.78. The average Bonchev–Trinajstić information content (AvgIpc) is 3.22. The van der Waals surface area contributed by atoms with Crippen molar-refractivity contribution in [2.24, 2.45) is 4.99 Å². The predicted octanol–water partition coefficient (Wildman–Crippen LogP) is 5.32. The van der Waals surface area contributed by atoms with E-state index in [1.165, 1.54) is 43.6 Å². The molecule has 0 bridgehead atoms. The Kier molecular flexibility index (Phi) is 5.37. The molecule has 0 unspecified atom stereocenters. The maximum atomic E-state index is 13.9. The number of aromatic nitrogens is 1. The summed E-state index contributed by atoms with van der Waals surface area (Å²) in [5.41, 5.74) is 8.27. The quantitative estimate of drug-likeness (QED) is 0.527. The van der Waals surface area contributed by atoms with Gasteiger partial charge in [-0.3, -0.25) is 9.79 Å². The van der Waals surface area contributed by atoms with E-state index in [0.717, 1.165) is 64.4 Å². The molecule has 6 rings (SSSR count). The zero-order chi connectivity index (χ0) is 24.3. The fourth-order valence-electron chi connectivity index (χ4n) is 6.51. The summed E-state index contributed by atoms with van der Waals surface area (Å²) in [4.78, 5) is 26.9. The number of nitrogens with zero attached hydrogens (tertiary/aromatic N) is 3. The monoisotopic (exact) mass is 468 g/mol. The van der Waals surface area contributed by atoms with Gasteiger partial charge in [0.2, 0.25) is 0 Å². The molecule has 2 saturated heterocycles. The van der Waals surface area contributed by atoms with E-state index in [0.29, 0.717) is 0 Å². The molecular formula is C30H36N4O. The largest absolute Gasteiger partial charge is 0.371 e. The third-order valence-electron chi connectivity index (χ3n) is 8.68. The van der Waals surface area contributed by atoms with Crippen molar-refractivity contribution in [2.45, 2.75) is 57.9 Å². The first-order chi connectivity index (χ1) is 16.9. The van der Waals surface area contributed by atoms with Crippen LogP contribution in [0.2, 0.25) is 0 Å². The number of anilines is 1. The lowest BCUT2D eigenvalue weighted by Gasteiger charge is -2.44. The zero-order valence-electron chi connectivity index (χ0n) is 21.4. The summed E-state index contributed by atoms with van der Waals surface area (Å²) >= 11 is 0. The van der Waals surface area contributed by atoms with Gasteiger partial charge in [-0.15, -0.1) is 0 Å². The Bertz CT molecular complexity index is 1340. The molecule has 3 heterocycles. The van der Waals surface area contributed by atoms with Crippen LogP contribution >= 0.6 is 0 Å². The molecule has 1 N–H and O–H groups in total. The Morgan fingerprint density at radius 1 is 1.11 bits per heavy atom. The number of aliphatic imine (C=N–C) groups is 1. The first kappa shape index (κ1) is 22.5. The van der Waals surface area contributed by atoms with Crippen LogP contribution in [0.25, 0.3) is 10.9 Å². The second-order valence-electron chi connectivity index (χ2n) is 11.0. The molecule has 2 fully saturated rings. The average molecular weight is 469 g/mol. The summed E-state index contributed by atoms with van der Waals surface area (Å²) in [6.07, 6.45) is 6.61. The van der Waals surface area contributed by atoms with E-state index in [2.05, 4.69) is 64.8 Å². The Labute approximate surface area is 208 Å². The molecule has 1 aliphatic carbocycles. The molecule has 3 aliphatic rings. The highest BCUT2D eigenvalue weighted by molar-refractivity contribution is 6.20. The van der Waals surface area contributed by atoms with Crippen molar-refractivity contribution in [1.29, 1.82) is 0 Å². The van der Waals surface area contributed by atoms with Crippen molar-refractivity contribution in [3.05, 3.63) is 63.8 Å². The van der Waals surface area contributed by atoms with E-state index in [1.54, 1.807) is 7.05 Å². The molecule has 1 aromatic heterocycles. The van der Waals surface area contributed by atoms with E-state index in [4.69, 9.17) is 0 Å². The number of carbonyl (C=O) groups excluding carboxylic acids is 1. The number of aryl methyl sites for hydroxylation is 1. The Morgan fingerprint density at radius 2 is 1.89 bits per heavy atom. The van der Waals surface area contributed by atoms with Gasteiger partial charge in [0.15, 0.2) is 5.78 Å². The normalized spacial score (nSPS) is 20.3. The molecule has 2 aromatic carbocycles. The molecule has 5 heteroatoms. The molecule has 0 saturated carbocycles. The minimum Gasteiger partial charge on any atom is -0.371 e. The van der Waals surface area contributed by atoms with E-state index >= 15 is 0 Å². The van der Waals surface area contributed by atoms with Gasteiger partial charge >= 0.3 is 0 Å². The number of nitrogens with one attached hydrogen (secondary N) is 1. The van der Waals surface area contributed by atoms with E-state index < -0.39 is 0 Å². The van der Waals surface area contributed by atoms with Gasteiger partial charge in [-0.2, -0.15) is 0 Å². The minimum atomic E-state index is -0.284. The number of benzene rings is 2. The second-order valence-corrected chi connectivity index (χ2v) is 11.0. The number of H-pyrrole nitrogens is 1. The number of likely N-dealkylation sites (tertiary alicyclic amines) is 1. The van der Waals surface area contributed by atoms with Gasteiger partial charge in [0.1, 0.15) is 0 Å². The van der Waals surface area contributed by atoms with Crippen LogP contribution in [0.4, 0.5) is 5.69 Å². The van der Waals surface area contributed by atoms with Gasteiger partial charge in [0.25, 0.3) is 0 Å². The van der Waals surface area contributed by atoms with Gasteiger partial charge in [-0.1, -0.05) is 32.9 Å². The van der Waals surface area contributed by atoms with Crippen molar-refractivity contribution in [1.82, 2.24) is 9.88 Å². The number of rotatable bonds is 4. The molecule has 182 valence electrons. The molecule has 35 heavy (non-hydrogen) atoms. The number of hydrogen-bond donors (Lipinski definition) is 1. The molecule has 0 amide bonds. The summed E-state index contributed by atoms with van der Waals surface area (Å²) in [6.45, 7) is 11.5. The maximum absolute atomic E-state index is 13.9. The lowest BCUT2D eigenvalue weighted by Crippen LogP contribution is -2.50. The van der Waals surface area contributed by atoms with Crippen LogP contribution in [0.1, 0.15) is 78.3 Å². The topological polar surface area (TPSA) is 51.7 Å². The summed E-state index contributed by atoms with van der Waals surface area (Å²) in [5, 5.41) is 1.01. The molecule has 2 aliphatic heterocycles. The van der Waals surface area contributed by atoms with Crippen molar-refractivity contribution >= 4 is 28.6 Å². The smallest absolute Gasteiger partial charge is 0.195 e. The number of ketones is 1. The van der Waals surface area contributed by atoms with E-state index in [9.17, 15) is 4.79 Å². The third kappa shape index (κ3) is 3.47. The van der Waals surface area contributed by atoms with Crippen LogP contribution in [0.5, 0.6) is 0 Å². The number of fused-ring (bicyclic) bond motifs is 4. The molecule has 0 radical (unpaired) electrons. The molecule has 0 spiro atoms. The fraction of sp³-hybridized carbons (Fsp3) is 0.467. The van der Waals surface area contributed by atoms with Gasteiger partial charge in [0.05, 0.1) is 5.56 Å². The first-order valence-electron chi connectivity index (χ1n) is 13.2. The summed E-state index contributed by atoms with van der Waals surface area (Å²) < 4.78 is 0. The van der Waals surface area contributed by atoms with Crippen molar-refractivity contribution in [3.63, 3.8) is 0 Å². The van der Waals surface area contributed by atoms with Crippen LogP contribution in [-0.4, -0.2) is 61.2 Å². The van der Waals surface area contributed by atoms with Gasteiger partial charge < -0.3 is 14.8 Å².